The molecule has 7 heteroatoms. The van der Waals surface area contributed by atoms with Gasteiger partial charge in [0.15, 0.2) is 0 Å². The van der Waals surface area contributed by atoms with Crippen LogP contribution in [0.25, 0.3) is 21.9 Å². The molecule has 174 valence electrons. The minimum absolute atomic E-state index is 0.261. The van der Waals surface area contributed by atoms with E-state index in [0.717, 1.165) is 62.0 Å². The van der Waals surface area contributed by atoms with Crippen molar-refractivity contribution in [3.05, 3.63) is 36.3 Å². The van der Waals surface area contributed by atoms with E-state index in [1.807, 2.05) is 18.6 Å². The van der Waals surface area contributed by atoms with Crippen molar-refractivity contribution < 1.29 is 4.79 Å². The Morgan fingerprint density at radius 1 is 0.970 bits per heavy atom. The minimum Gasteiger partial charge on any atom is -0.346 e. The second-order valence-electron chi connectivity index (χ2n) is 10.2. The molecule has 2 amide bonds. The lowest BCUT2D eigenvalue weighted by molar-refractivity contribution is 0.109. The van der Waals surface area contributed by atoms with Crippen LogP contribution in [-0.4, -0.2) is 81.5 Å². The molecule has 3 aliphatic rings. The predicted octanol–water partition coefficient (Wildman–Crippen LogP) is 4.22. The third-order valence-electron chi connectivity index (χ3n) is 8.03. The Balaban J connectivity index is 1.12. The van der Waals surface area contributed by atoms with E-state index in [2.05, 4.69) is 41.8 Å². The molecule has 6 heterocycles. The van der Waals surface area contributed by atoms with Crippen LogP contribution in [0.3, 0.4) is 0 Å². The Bertz CT molecular complexity index is 1130. The van der Waals surface area contributed by atoms with E-state index in [1.165, 1.54) is 49.8 Å². The molecule has 3 aromatic rings. The third kappa shape index (κ3) is 4.07. The minimum atomic E-state index is 0.261. The average Bonchev–Trinajstić information content (AvgIpc) is 3.55. The maximum atomic E-state index is 13.3. The van der Waals surface area contributed by atoms with Crippen LogP contribution < -0.4 is 0 Å². The first-order valence-corrected chi connectivity index (χ1v) is 12.7. The molecule has 33 heavy (non-hydrogen) atoms. The molecule has 3 aromatic heterocycles. The maximum absolute atomic E-state index is 13.3. The van der Waals surface area contributed by atoms with Gasteiger partial charge in [-0.05, 0) is 81.1 Å². The van der Waals surface area contributed by atoms with Gasteiger partial charge < -0.3 is 19.7 Å². The number of aromatic amines is 1. The number of urea groups is 1. The van der Waals surface area contributed by atoms with Gasteiger partial charge in [-0.3, -0.25) is 4.98 Å². The number of carbonyl (C=O) groups is 1. The van der Waals surface area contributed by atoms with Gasteiger partial charge >= 0.3 is 6.03 Å². The standard InChI is InChI=1S/C26H34N6O/c33-26(32-13-3-4-19(18-32)17-30-11-1-2-12-30)31-14-7-20(8-15-31)21-5-9-27-23-16-29-25-22(24(21)23)6-10-28-25/h5-6,9-10,16,19-20H,1-4,7-8,11-15,17-18H2,(H,28,29). The Hall–Kier alpha value is -2.67. The van der Waals surface area contributed by atoms with Crippen LogP contribution in [0.15, 0.2) is 30.7 Å². The van der Waals surface area contributed by atoms with E-state index in [1.54, 1.807) is 0 Å². The SMILES string of the molecule is O=C(N1CCC(c2ccnc3cnc4[nH]ccc4c23)CC1)N1CCCC(CN2CCCC2)C1. The summed E-state index contributed by atoms with van der Waals surface area (Å²) in [5.41, 5.74) is 3.22. The highest BCUT2D eigenvalue weighted by Gasteiger charge is 2.31. The average molecular weight is 447 g/mol. The van der Waals surface area contributed by atoms with E-state index < -0.39 is 0 Å². The number of likely N-dealkylation sites (tertiary alicyclic amines) is 3. The van der Waals surface area contributed by atoms with Gasteiger partial charge in [-0.1, -0.05) is 0 Å². The Morgan fingerprint density at radius 2 is 1.82 bits per heavy atom. The first-order valence-electron chi connectivity index (χ1n) is 12.7. The third-order valence-corrected chi connectivity index (χ3v) is 8.03. The molecule has 0 bridgehead atoms. The summed E-state index contributed by atoms with van der Waals surface area (Å²) in [5, 5.41) is 2.36. The summed E-state index contributed by atoms with van der Waals surface area (Å²) in [6.07, 6.45) is 12.8. The van der Waals surface area contributed by atoms with E-state index >= 15 is 0 Å². The molecule has 6 rings (SSSR count). The van der Waals surface area contributed by atoms with Crippen LogP contribution in [0.2, 0.25) is 0 Å². The highest BCUT2D eigenvalue weighted by Crippen LogP contribution is 2.35. The molecule has 7 nitrogen and oxygen atoms in total. The lowest BCUT2D eigenvalue weighted by atomic mass is 9.87. The van der Waals surface area contributed by atoms with Crippen molar-refractivity contribution in [2.24, 2.45) is 5.92 Å². The monoisotopic (exact) mass is 446 g/mol. The zero-order chi connectivity index (χ0) is 22.2. The molecule has 0 aliphatic carbocycles. The Labute approximate surface area is 195 Å². The fourth-order valence-corrected chi connectivity index (χ4v) is 6.32. The van der Waals surface area contributed by atoms with E-state index in [9.17, 15) is 4.79 Å². The summed E-state index contributed by atoms with van der Waals surface area (Å²) < 4.78 is 0. The molecular weight excluding hydrogens is 412 g/mol. The van der Waals surface area contributed by atoms with Crippen molar-refractivity contribution in [2.75, 3.05) is 45.8 Å². The van der Waals surface area contributed by atoms with Gasteiger partial charge in [-0.15, -0.1) is 0 Å². The number of nitrogens with one attached hydrogen (secondary N) is 1. The second-order valence-corrected chi connectivity index (χ2v) is 10.2. The number of H-pyrrole nitrogens is 1. The predicted molar refractivity (Wildman–Crippen MR) is 130 cm³/mol. The molecule has 3 saturated heterocycles. The molecule has 1 unspecified atom stereocenters. The molecule has 1 atom stereocenters. The van der Waals surface area contributed by atoms with Crippen molar-refractivity contribution in [1.29, 1.82) is 0 Å². The van der Waals surface area contributed by atoms with Gasteiger partial charge in [0.05, 0.1) is 11.7 Å². The van der Waals surface area contributed by atoms with Crippen molar-refractivity contribution in [3.8, 4) is 0 Å². The number of fused-ring (bicyclic) bond motifs is 3. The largest absolute Gasteiger partial charge is 0.346 e. The first-order chi connectivity index (χ1) is 16.3. The molecule has 0 spiro atoms. The lowest BCUT2D eigenvalue weighted by Crippen LogP contribution is -2.50. The Kier molecular flexibility index (Phi) is 5.66. The number of amides is 2. The van der Waals surface area contributed by atoms with Gasteiger partial charge in [0, 0.05) is 55.9 Å². The van der Waals surface area contributed by atoms with Crippen LogP contribution >= 0.6 is 0 Å². The van der Waals surface area contributed by atoms with Crippen LogP contribution in [0, 0.1) is 5.92 Å². The molecule has 1 N–H and O–H groups in total. The number of hydrogen-bond acceptors (Lipinski definition) is 4. The molecule has 3 fully saturated rings. The van der Waals surface area contributed by atoms with Crippen molar-refractivity contribution in [1.82, 2.24) is 29.7 Å². The highest BCUT2D eigenvalue weighted by molar-refractivity contribution is 6.05. The second kappa shape index (κ2) is 8.93. The van der Waals surface area contributed by atoms with Crippen LogP contribution in [0.4, 0.5) is 4.79 Å². The van der Waals surface area contributed by atoms with Gasteiger partial charge in [0.2, 0.25) is 0 Å². The lowest BCUT2D eigenvalue weighted by Gasteiger charge is -2.40. The fraction of sp³-hybridized carbons (Fsp3) is 0.577. The molecule has 0 saturated carbocycles. The van der Waals surface area contributed by atoms with E-state index in [4.69, 9.17) is 0 Å². The van der Waals surface area contributed by atoms with Crippen molar-refractivity contribution in [2.45, 2.75) is 44.4 Å². The smallest absolute Gasteiger partial charge is 0.320 e. The van der Waals surface area contributed by atoms with Crippen LogP contribution in [-0.2, 0) is 0 Å². The number of hydrogen-bond donors (Lipinski definition) is 1. The molecule has 0 aromatic carbocycles. The van der Waals surface area contributed by atoms with Crippen molar-refractivity contribution in [3.63, 3.8) is 0 Å². The van der Waals surface area contributed by atoms with Gasteiger partial charge in [-0.2, -0.15) is 0 Å². The number of piperidine rings is 2. The molecular formula is C26H34N6O. The zero-order valence-electron chi connectivity index (χ0n) is 19.4. The number of rotatable bonds is 3. The van der Waals surface area contributed by atoms with Gasteiger partial charge in [-0.25, -0.2) is 9.78 Å². The van der Waals surface area contributed by atoms with E-state index in [-0.39, 0.29) is 6.03 Å². The number of carbonyl (C=O) groups excluding carboxylic acids is 1. The number of pyridine rings is 2. The van der Waals surface area contributed by atoms with E-state index in [0.29, 0.717) is 11.8 Å². The summed E-state index contributed by atoms with van der Waals surface area (Å²) in [6, 6.07) is 4.53. The quantitative estimate of drug-likeness (QED) is 0.654. The first kappa shape index (κ1) is 20.9. The normalized spacial score (nSPS) is 23.1. The summed E-state index contributed by atoms with van der Waals surface area (Å²) in [6.45, 7) is 7.18. The summed E-state index contributed by atoms with van der Waals surface area (Å²) in [7, 11) is 0. The van der Waals surface area contributed by atoms with Crippen LogP contribution in [0.1, 0.15) is 50.0 Å². The summed E-state index contributed by atoms with van der Waals surface area (Å²) >= 11 is 0. The summed E-state index contributed by atoms with van der Waals surface area (Å²) in [5.74, 6) is 1.09. The molecule has 3 aliphatic heterocycles. The van der Waals surface area contributed by atoms with Crippen molar-refractivity contribution >= 4 is 28.0 Å². The van der Waals surface area contributed by atoms with Gasteiger partial charge in [0.1, 0.15) is 5.65 Å². The Morgan fingerprint density at radius 3 is 2.67 bits per heavy atom. The number of aromatic nitrogens is 3. The summed E-state index contributed by atoms with van der Waals surface area (Å²) in [4.78, 5) is 32.5. The van der Waals surface area contributed by atoms with Gasteiger partial charge in [0.25, 0.3) is 0 Å². The van der Waals surface area contributed by atoms with Crippen LogP contribution in [0.5, 0.6) is 0 Å². The maximum Gasteiger partial charge on any atom is 0.320 e. The highest BCUT2D eigenvalue weighted by atomic mass is 16.2. The number of nitrogens with zero attached hydrogens (tertiary/aromatic N) is 5. The topological polar surface area (TPSA) is 68.4 Å². The zero-order valence-corrected chi connectivity index (χ0v) is 19.4. The molecule has 0 radical (unpaired) electrons. The fourth-order valence-electron chi connectivity index (χ4n) is 6.32.